The Hall–Kier alpha value is -1.03. The first-order chi connectivity index (χ1) is 8.39. The molecule has 0 heterocycles. The zero-order valence-electron chi connectivity index (χ0n) is 10.5. The summed E-state index contributed by atoms with van der Waals surface area (Å²) in [4.78, 5) is 0. The molecule has 2 N–H and O–H groups in total. The Kier molecular flexibility index (Phi) is 3.41. The minimum Gasteiger partial charge on any atom is -0.330 e. The van der Waals surface area contributed by atoms with Gasteiger partial charge in [-0.05, 0) is 37.0 Å². The minimum atomic E-state index is -4.28. The van der Waals surface area contributed by atoms with Crippen LogP contribution in [0, 0.1) is 6.92 Å². The van der Waals surface area contributed by atoms with Crippen molar-refractivity contribution in [2.24, 2.45) is 5.73 Å². The second-order valence-electron chi connectivity index (χ2n) is 5.22. The first-order valence-electron chi connectivity index (χ1n) is 6.27. The van der Waals surface area contributed by atoms with Gasteiger partial charge in [0.15, 0.2) is 0 Å². The molecule has 1 aliphatic carbocycles. The van der Waals surface area contributed by atoms with E-state index in [-0.39, 0.29) is 11.0 Å². The molecule has 0 atom stereocenters. The van der Waals surface area contributed by atoms with Gasteiger partial charge in [0.25, 0.3) is 0 Å². The van der Waals surface area contributed by atoms with Gasteiger partial charge in [0.05, 0.1) is 5.56 Å². The molecule has 4 heteroatoms. The van der Waals surface area contributed by atoms with Gasteiger partial charge in [-0.25, -0.2) is 0 Å². The van der Waals surface area contributed by atoms with Gasteiger partial charge in [0, 0.05) is 12.0 Å². The van der Waals surface area contributed by atoms with Crippen LogP contribution in [0.2, 0.25) is 0 Å². The molecule has 0 aliphatic heterocycles. The Labute approximate surface area is 105 Å². The number of hydrogen-bond donors (Lipinski definition) is 1. The van der Waals surface area contributed by atoms with Gasteiger partial charge >= 0.3 is 6.18 Å². The summed E-state index contributed by atoms with van der Waals surface area (Å²) in [5.74, 6) is 0. The Morgan fingerprint density at radius 3 is 2.33 bits per heavy atom. The lowest BCUT2D eigenvalue weighted by Crippen LogP contribution is -2.32. The van der Waals surface area contributed by atoms with Crippen molar-refractivity contribution in [1.82, 2.24) is 0 Å². The molecule has 0 bridgehead atoms. The van der Waals surface area contributed by atoms with Crippen molar-refractivity contribution >= 4 is 0 Å². The molecule has 100 valence electrons. The van der Waals surface area contributed by atoms with Gasteiger partial charge in [-0.15, -0.1) is 0 Å². The molecule has 18 heavy (non-hydrogen) atoms. The Morgan fingerprint density at radius 2 is 1.83 bits per heavy atom. The van der Waals surface area contributed by atoms with Crippen LogP contribution in [0.3, 0.4) is 0 Å². The fraction of sp³-hybridized carbons (Fsp3) is 0.571. The second-order valence-corrected chi connectivity index (χ2v) is 5.22. The van der Waals surface area contributed by atoms with Gasteiger partial charge < -0.3 is 5.73 Å². The molecule has 0 amide bonds. The molecule has 0 unspecified atom stereocenters. The largest absolute Gasteiger partial charge is 0.416 e. The fourth-order valence-corrected chi connectivity index (χ4v) is 2.92. The summed E-state index contributed by atoms with van der Waals surface area (Å²) in [7, 11) is 0. The summed E-state index contributed by atoms with van der Waals surface area (Å²) < 4.78 is 38.7. The van der Waals surface area contributed by atoms with Crippen LogP contribution in [-0.4, -0.2) is 6.54 Å². The average Bonchev–Trinajstić information content (AvgIpc) is 2.78. The topological polar surface area (TPSA) is 26.0 Å². The Morgan fingerprint density at radius 1 is 1.22 bits per heavy atom. The normalized spacial score (nSPS) is 19.2. The van der Waals surface area contributed by atoms with Crippen molar-refractivity contribution in [3.05, 3.63) is 34.9 Å². The van der Waals surface area contributed by atoms with Crippen molar-refractivity contribution in [3.63, 3.8) is 0 Å². The van der Waals surface area contributed by atoms with Crippen LogP contribution in [0.15, 0.2) is 18.2 Å². The van der Waals surface area contributed by atoms with Gasteiger partial charge in [-0.3, -0.25) is 0 Å². The summed E-state index contributed by atoms with van der Waals surface area (Å²) in [6.45, 7) is 1.92. The standard InChI is InChI=1S/C14H18F3N/c1-10-4-5-11(8-12(10)14(15,16)17)13(9-18)6-2-3-7-13/h4-5,8H,2-3,6-7,9,18H2,1H3. The summed E-state index contributed by atoms with van der Waals surface area (Å²) in [6.07, 6.45) is -0.402. The molecule has 0 aromatic heterocycles. The number of benzene rings is 1. The van der Waals surface area contributed by atoms with Gasteiger partial charge in [-0.1, -0.05) is 25.0 Å². The molecule has 0 saturated heterocycles. The summed E-state index contributed by atoms with van der Waals surface area (Å²) >= 11 is 0. The van der Waals surface area contributed by atoms with E-state index in [4.69, 9.17) is 5.73 Å². The SMILES string of the molecule is Cc1ccc(C2(CN)CCCC2)cc1C(F)(F)F. The molecule has 1 aromatic rings. The van der Waals surface area contributed by atoms with E-state index in [0.717, 1.165) is 31.2 Å². The monoisotopic (exact) mass is 257 g/mol. The van der Waals surface area contributed by atoms with Crippen LogP contribution in [0.25, 0.3) is 0 Å². The Balaban J connectivity index is 2.46. The number of aryl methyl sites for hydroxylation is 1. The summed E-state index contributed by atoms with van der Waals surface area (Å²) in [6, 6.07) is 4.67. The van der Waals surface area contributed by atoms with E-state index in [0.29, 0.717) is 6.54 Å². The van der Waals surface area contributed by atoms with E-state index in [1.54, 1.807) is 6.07 Å². The number of nitrogens with two attached hydrogens (primary N) is 1. The molecule has 0 radical (unpaired) electrons. The molecule has 0 spiro atoms. The highest BCUT2D eigenvalue weighted by molar-refractivity contribution is 5.38. The quantitative estimate of drug-likeness (QED) is 0.857. The third-order valence-corrected chi connectivity index (χ3v) is 4.11. The van der Waals surface area contributed by atoms with E-state index in [1.807, 2.05) is 6.07 Å². The number of halogens is 3. The number of alkyl halides is 3. The minimum absolute atomic E-state index is 0.242. The molecule has 2 rings (SSSR count). The second kappa shape index (κ2) is 4.57. The zero-order chi connectivity index (χ0) is 13.4. The summed E-state index contributed by atoms with van der Waals surface area (Å²) in [5.41, 5.74) is 6.07. The van der Waals surface area contributed by atoms with Crippen LogP contribution >= 0.6 is 0 Å². The molecule has 1 fully saturated rings. The van der Waals surface area contributed by atoms with E-state index >= 15 is 0 Å². The molecule has 1 nitrogen and oxygen atoms in total. The van der Waals surface area contributed by atoms with Crippen molar-refractivity contribution in [2.75, 3.05) is 6.54 Å². The lowest BCUT2D eigenvalue weighted by Gasteiger charge is -2.29. The number of rotatable bonds is 2. The maximum absolute atomic E-state index is 12.9. The lowest BCUT2D eigenvalue weighted by molar-refractivity contribution is -0.138. The molecular formula is C14H18F3N. The van der Waals surface area contributed by atoms with Crippen LogP contribution in [0.1, 0.15) is 42.4 Å². The lowest BCUT2D eigenvalue weighted by atomic mass is 9.78. The highest BCUT2D eigenvalue weighted by atomic mass is 19.4. The van der Waals surface area contributed by atoms with Crippen LogP contribution in [0.4, 0.5) is 13.2 Å². The average molecular weight is 257 g/mol. The van der Waals surface area contributed by atoms with Crippen LogP contribution in [-0.2, 0) is 11.6 Å². The highest BCUT2D eigenvalue weighted by Gasteiger charge is 2.38. The number of hydrogen-bond acceptors (Lipinski definition) is 1. The predicted octanol–water partition coefficient (Wildman–Crippen LogP) is 3.78. The molecular weight excluding hydrogens is 239 g/mol. The van der Waals surface area contributed by atoms with E-state index in [9.17, 15) is 13.2 Å². The third-order valence-electron chi connectivity index (χ3n) is 4.11. The molecule has 1 aliphatic rings. The van der Waals surface area contributed by atoms with Crippen molar-refractivity contribution < 1.29 is 13.2 Å². The van der Waals surface area contributed by atoms with Crippen molar-refractivity contribution in [2.45, 2.75) is 44.2 Å². The first kappa shape index (κ1) is 13.4. The van der Waals surface area contributed by atoms with Crippen molar-refractivity contribution in [1.29, 1.82) is 0 Å². The maximum Gasteiger partial charge on any atom is 0.416 e. The van der Waals surface area contributed by atoms with E-state index in [1.165, 1.54) is 13.0 Å². The molecule has 1 aromatic carbocycles. The van der Waals surface area contributed by atoms with Gasteiger partial charge in [-0.2, -0.15) is 13.2 Å². The Bertz CT molecular complexity index is 431. The smallest absolute Gasteiger partial charge is 0.330 e. The fourth-order valence-electron chi connectivity index (χ4n) is 2.92. The first-order valence-corrected chi connectivity index (χ1v) is 6.27. The van der Waals surface area contributed by atoms with Gasteiger partial charge in [0.2, 0.25) is 0 Å². The summed E-state index contributed by atoms with van der Waals surface area (Å²) in [5, 5.41) is 0. The van der Waals surface area contributed by atoms with Gasteiger partial charge in [0.1, 0.15) is 0 Å². The van der Waals surface area contributed by atoms with E-state index in [2.05, 4.69) is 0 Å². The zero-order valence-corrected chi connectivity index (χ0v) is 10.5. The van der Waals surface area contributed by atoms with Crippen molar-refractivity contribution in [3.8, 4) is 0 Å². The van der Waals surface area contributed by atoms with Crippen LogP contribution < -0.4 is 5.73 Å². The predicted molar refractivity (Wildman–Crippen MR) is 65.4 cm³/mol. The van der Waals surface area contributed by atoms with Crippen LogP contribution in [0.5, 0.6) is 0 Å². The highest BCUT2D eigenvalue weighted by Crippen LogP contribution is 2.42. The third kappa shape index (κ3) is 2.26. The van der Waals surface area contributed by atoms with E-state index < -0.39 is 11.7 Å². The molecule has 1 saturated carbocycles. The maximum atomic E-state index is 12.9.